The first-order valence-corrected chi connectivity index (χ1v) is 7.75. The molecule has 0 saturated heterocycles. The third-order valence-electron chi connectivity index (χ3n) is 3.83. The number of nitrogens with zero attached hydrogens (tertiary/aromatic N) is 2. The van der Waals surface area contributed by atoms with Gasteiger partial charge in [0.05, 0.1) is 18.5 Å². The molecule has 0 atom stereocenters. The highest BCUT2D eigenvalue weighted by Gasteiger charge is 2.19. The number of aromatic hydroxyl groups is 1. The van der Waals surface area contributed by atoms with Gasteiger partial charge in [0.2, 0.25) is 5.88 Å². The van der Waals surface area contributed by atoms with Crippen molar-refractivity contribution in [2.24, 2.45) is 0 Å². The van der Waals surface area contributed by atoms with Gasteiger partial charge < -0.3 is 9.84 Å². The Morgan fingerprint density at radius 1 is 1.04 bits per heavy atom. The molecule has 0 unspecified atom stereocenters. The maximum atomic E-state index is 10.3. The summed E-state index contributed by atoms with van der Waals surface area (Å²) in [6, 6.07) is 17.7. The van der Waals surface area contributed by atoms with Gasteiger partial charge >= 0.3 is 0 Å². The van der Waals surface area contributed by atoms with E-state index in [1.165, 1.54) is 0 Å². The molecule has 0 saturated carbocycles. The van der Waals surface area contributed by atoms with Crippen molar-refractivity contribution in [3.8, 4) is 28.6 Å². The summed E-state index contributed by atoms with van der Waals surface area (Å²) >= 11 is 0. The molecular weight excluding hydrogens is 288 g/mol. The zero-order chi connectivity index (χ0) is 16.2. The molecule has 0 radical (unpaired) electrons. The molecular formula is C19H20N2O2. The largest absolute Gasteiger partial charge is 0.497 e. The summed E-state index contributed by atoms with van der Waals surface area (Å²) in [6.07, 6.45) is 1.73. The van der Waals surface area contributed by atoms with Crippen molar-refractivity contribution in [2.45, 2.75) is 19.8 Å². The van der Waals surface area contributed by atoms with Gasteiger partial charge in [-0.05, 0) is 30.7 Å². The first-order chi connectivity index (χ1) is 11.2. The highest BCUT2D eigenvalue weighted by atomic mass is 16.5. The van der Waals surface area contributed by atoms with Crippen molar-refractivity contribution in [1.82, 2.24) is 9.78 Å². The van der Waals surface area contributed by atoms with Crippen LogP contribution in [-0.2, 0) is 6.42 Å². The van der Waals surface area contributed by atoms with E-state index in [0.717, 1.165) is 41.1 Å². The highest BCUT2D eigenvalue weighted by molar-refractivity contribution is 5.68. The number of ether oxygens (including phenoxy) is 1. The Balaban J connectivity index is 2.17. The quantitative estimate of drug-likeness (QED) is 0.768. The van der Waals surface area contributed by atoms with E-state index in [0.29, 0.717) is 0 Å². The minimum Gasteiger partial charge on any atom is -0.497 e. The molecule has 23 heavy (non-hydrogen) atoms. The molecule has 0 aliphatic heterocycles. The van der Waals surface area contributed by atoms with Crippen LogP contribution in [0.3, 0.4) is 0 Å². The van der Waals surface area contributed by atoms with E-state index in [1.54, 1.807) is 11.8 Å². The lowest BCUT2D eigenvalue weighted by Gasteiger charge is -2.10. The second-order valence-corrected chi connectivity index (χ2v) is 5.38. The Bertz CT molecular complexity index is 777. The zero-order valence-electron chi connectivity index (χ0n) is 13.4. The zero-order valence-corrected chi connectivity index (χ0v) is 13.4. The maximum Gasteiger partial charge on any atom is 0.234 e. The Morgan fingerprint density at radius 2 is 1.74 bits per heavy atom. The van der Waals surface area contributed by atoms with Crippen LogP contribution in [0.5, 0.6) is 11.6 Å². The summed E-state index contributed by atoms with van der Waals surface area (Å²) in [7, 11) is 1.64. The van der Waals surface area contributed by atoms with Gasteiger partial charge in [0.15, 0.2) is 0 Å². The fourth-order valence-electron chi connectivity index (χ4n) is 2.72. The fraction of sp³-hybridized carbons (Fsp3) is 0.211. The normalized spacial score (nSPS) is 10.7. The van der Waals surface area contributed by atoms with Gasteiger partial charge in [0, 0.05) is 11.1 Å². The molecule has 0 fully saturated rings. The fourth-order valence-corrected chi connectivity index (χ4v) is 2.72. The number of hydrogen-bond donors (Lipinski definition) is 1. The third kappa shape index (κ3) is 2.93. The third-order valence-corrected chi connectivity index (χ3v) is 3.83. The van der Waals surface area contributed by atoms with Gasteiger partial charge in [0.1, 0.15) is 5.75 Å². The van der Waals surface area contributed by atoms with Crippen LogP contribution in [-0.4, -0.2) is 22.0 Å². The van der Waals surface area contributed by atoms with Crippen LogP contribution in [0.4, 0.5) is 0 Å². The minimum absolute atomic E-state index is 0.0986. The average molecular weight is 308 g/mol. The van der Waals surface area contributed by atoms with Gasteiger partial charge in [-0.1, -0.05) is 43.7 Å². The summed E-state index contributed by atoms with van der Waals surface area (Å²) in [4.78, 5) is 0. The molecule has 3 aromatic rings. The molecule has 0 amide bonds. The monoisotopic (exact) mass is 308 g/mol. The lowest BCUT2D eigenvalue weighted by molar-refractivity contribution is 0.414. The number of rotatable bonds is 5. The van der Waals surface area contributed by atoms with Crippen molar-refractivity contribution in [3.05, 3.63) is 60.2 Å². The summed E-state index contributed by atoms with van der Waals surface area (Å²) < 4.78 is 7.01. The van der Waals surface area contributed by atoms with Crippen molar-refractivity contribution in [3.63, 3.8) is 0 Å². The van der Waals surface area contributed by atoms with Crippen LogP contribution >= 0.6 is 0 Å². The number of benzene rings is 2. The van der Waals surface area contributed by atoms with E-state index in [2.05, 4.69) is 12.0 Å². The Labute approximate surface area is 136 Å². The van der Waals surface area contributed by atoms with Gasteiger partial charge in [-0.15, -0.1) is 5.10 Å². The van der Waals surface area contributed by atoms with Crippen molar-refractivity contribution in [2.75, 3.05) is 7.11 Å². The van der Waals surface area contributed by atoms with E-state index >= 15 is 0 Å². The van der Waals surface area contributed by atoms with Gasteiger partial charge in [-0.25, -0.2) is 4.68 Å². The minimum atomic E-state index is 0.0986. The van der Waals surface area contributed by atoms with Gasteiger partial charge in [0.25, 0.3) is 0 Å². The number of aromatic nitrogens is 2. The van der Waals surface area contributed by atoms with E-state index in [-0.39, 0.29) is 5.88 Å². The Hall–Kier alpha value is -2.75. The molecule has 1 N–H and O–H groups in total. The van der Waals surface area contributed by atoms with E-state index < -0.39 is 0 Å². The smallest absolute Gasteiger partial charge is 0.234 e. The van der Waals surface area contributed by atoms with Crippen LogP contribution in [0.15, 0.2) is 54.6 Å². The van der Waals surface area contributed by atoms with Crippen LogP contribution < -0.4 is 4.74 Å². The van der Waals surface area contributed by atoms with E-state index in [9.17, 15) is 5.11 Å². The molecule has 2 aromatic carbocycles. The SMILES string of the molecule is CCCc1c(O)nn(-c2ccc(OC)cc2)c1-c1ccccc1. The highest BCUT2D eigenvalue weighted by Crippen LogP contribution is 2.33. The van der Waals surface area contributed by atoms with Crippen molar-refractivity contribution >= 4 is 0 Å². The predicted octanol–water partition coefficient (Wildman–Crippen LogP) is 4.21. The lowest BCUT2D eigenvalue weighted by atomic mass is 10.0. The standard InChI is InChI=1S/C19H20N2O2/c1-3-7-17-18(14-8-5-4-6-9-14)21(20-19(17)22)15-10-12-16(23-2)13-11-15/h4-6,8-13H,3,7H2,1-2H3,(H,20,22). The molecule has 0 aliphatic carbocycles. The molecule has 118 valence electrons. The summed E-state index contributed by atoms with van der Waals surface area (Å²) in [5.41, 5.74) is 3.76. The second kappa shape index (κ2) is 6.57. The van der Waals surface area contributed by atoms with Gasteiger partial charge in [-0.3, -0.25) is 0 Å². The van der Waals surface area contributed by atoms with Gasteiger partial charge in [-0.2, -0.15) is 0 Å². The molecule has 0 bridgehead atoms. The van der Waals surface area contributed by atoms with E-state index in [4.69, 9.17) is 4.74 Å². The molecule has 3 rings (SSSR count). The Kier molecular flexibility index (Phi) is 4.33. The number of hydrogen-bond acceptors (Lipinski definition) is 3. The lowest BCUT2D eigenvalue weighted by Crippen LogP contribution is -2.00. The summed E-state index contributed by atoms with van der Waals surface area (Å²) in [5.74, 6) is 0.890. The van der Waals surface area contributed by atoms with E-state index in [1.807, 2.05) is 54.6 Å². The average Bonchev–Trinajstić information content (AvgIpc) is 2.93. The molecule has 0 aliphatic rings. The molecule has 1 aromatic heterocycles. The van der Waals surface area contributed by atoms with Crippen molar-refractivity contribution < 1.29 is 9.84 Å². The topological polar surface area (TPSA) is 47.3 Å². The first-order valence-electron chi connectivity index (χ1n) is 7.75. The molecule has 0 spiro atoms. The Morgan fingerprint density at radius 3 is 2.35 bits per heavy atom. The van der Waals surface area contributed by atoms with Crippen LogP contribution in [0.25, 0.3) is 16.9 Å². The second-order valence-electron chi connectivity index (χ2n) is 5.38. The summed E-state index contributed by atoms with van der Waals surface area (Å²) in [6.45, 7) is 2.10. The molecule has 4 nitrogen and oxygen atoms in total. The van der Waals surface area contributed by atoms with Crippen LogP contribution in [0, 0.1) is 0 Å². The molecule has 1 heterocycles. The maximum absolute atomic E-state index is 10.3. The van der Waals surface area contributed by atoms with Crippen molar-refractivity contribution in [1.29, 1.82) is 0 Å². The predicted molar refractivity (Wildman–Crippen MR) is 91.2 cm³/mol. The first kappa shape index (κ1) is 15.2. The number of methoxy groups -OCH3 is 1. The molecule has 4 heteroatoms. The van der Waals surface area contributed by atoms with Crippen LogP contribution in [0.2, 0.25) is 0 Å². The summed E-state index contributed by atoms with van der Waals surface area (Å²) in [5, 5.41) is 14.7. The van der Waals surface area contributed by atoms with Crippen LogP contribution in [0.1, 0.15) is 18.9 Å².